The van der Waals surface area contributed by atoms with Gasteiger partial charge in [-0.15, -0.1) is 0 Å². The molecule has 1 fully saturated rings. The van der Waals surface area contributed by atoms with Crippen LogP contribution in [0.4, 0.5) is 0 Å². The molecule has 0 aliphatic carbocycles. The predicted octanol–water partition coefficient (Wildman–Crippen LogP) is 1.56. The second-order valence-corrected chi connectivity index (χ2v) is 5.70. The van der Waals surface area contributed by atoms with E-state index in [1.54, 1.807) is 12.1 Å². The lowest BCUT2D eigenvalue weighted by Crippen LogP contribution is -2.43. The number of aromatic nitrogens is 2. The zero-order chi connectivity index (χ0) is 14.8. The summed E-state index contributed by atoms with van der Waals surface area (Å²) in [7, 11) is 0. The van der Waals surface area contributed by atoms with Gasteiger partial charge in [0.2, 0.25) is 0 Å². The van der Waals surface area contributed by atoms with Gasteiger partial charge in [-0.25, -0.2) is 4.79 Å². The third-order valence-electron chi connectivity index (χ3n) is 4.41. The maximum Gasteiger partial charge on any atom is 0.328 e. The Morgan fingerprint density at radius 1 is 1.19 bits per heavy atom. The number of nitrogens with one attached hydrogen (secondary N) is 1. The number of aromatic amines is 1. The van der Waals surface area contributed by atoms with Crippen molar-refractivity contribution in [2.24, 2.45) is 0 Å². The summed E-state index contributed by atoms with van der Waals surface area (Å²) >= 11 is 0. The highest BCUT2D eigenvalue weighted by atomic mass is 16.2. The number of likely N-dealkylation sites (tertiary alicyclic amines) is 1. The van der Waals surface area contributed by atoms with Gasteiger partial charge in [-0.1, -0.05) is 19.1 Å². The van der Waals surface area contributed by atoms with Gasteiger partial charge in [-0.2, -0.15) is 0 Å². The summed E-state index contributed by atoms with van der Waals surface area (Å²) in [5.74, 6) is 0. The second kappa shape index (κ2) is 5.85. The third kappa shape index (κ3) is 2.65. The minimum atomic E-state index is -0.309. The van der Waals surface area contributed by atoms with E-state index in [2.05, 4.69) is 16.8 Å². The molecule has 1 atom stereocenters. The zero-order valence-corrected chi connectivity index (χ0v) is 12.3. The molecule has 5 nitrogen and oxygen atoms in total. The topological polar surface area (TPSA) is 58.1 Å². The smallest absolute Gasteiger partial charge is 0.307 e. The number of benzene rings is 1. The van der Waals surface area contributed by atoms with Crippen molar-refractivity contribution in [1.82, 2.24) is 14.5 Å². The van der Waals surface area contributed by atoms with Gasteiger partial charge in [0.05, 0.1) is 10.9 Å². The molecule has 21 heavy (non-hydrogen) atoms. The number of H-pyrrole nitrogens is 1. The number of para-hydroxylation sites is 1. The molecule has 0 radical (unpaired) electrons. The number of nitrogens with zero attached hydrogens (tertiary/aromatic N) is 2. The van der Waals surface area contributed by atoms with Crippen LogP contribution in [0.2, 0.25) is 0 Å². The van der Waals surface area contributed by atoms with E-state index in [1.807, 2.05) is 12.1 Å². The van der Waals surface area contributed by atoms with Crippen LogP contribution in [0, 0.1) is 0 Å². The molecule has 0 saturated carbocycles. The van der Waals surface area contributed by atoms with Crippen molar-refractivity contribution in [2.75, 3.05) is 13.1 Å². The average molecular weight is 287 g/mol. The van der Waals surface area contributed by atoms with E-state index in [9.17, 15) is 9.59 Å². The van der Waals surface area contributed by atoms with E-state index in [1.165, 1.54) is 17.4 Å². The highest BCUT2D eigenvalue weighted by Gasteiger charge is 2.22. The summed E-state index contributed by atoms with van der Waals surface area (Å²) in [6.45, 7) is 4.72. The van der Waals surface area contributed by atoms with Crippen LogP contribution in [0.1, 0.15) is 26.2 Å². The fourth-order valence-corrected chi connectivity index (χ4v) is 3.19. The van der Waals surface area contributed by atoms with Crippen molar-refractivity contribution < 1.29 is 0 Å². The van der Waals surface area contributed by atoms with Crippen LogP contribution >= 0.6 is 0 Å². The highest BCUT2D eigenvalue weighted by molar-refractivity contribution is 5.76. The van der Waals surface area contributed by atoms with E-state index in [0.29, 0.717) is 17.4 Å². The van der Waals surface area contributed by atoms with Crippen molar-refractivity contribution >= 4 is 10.9 Å². The van der Waals surface area contributed by atoms with E-state index >= 15 is 0 Å². The van der Waals surface area contributed by atoms with Gasteiger partial charge in [0, 0.05) is 12.6 Å². The van der Waals surface area contributed by atoms with Crippen LogP contribution in [0.25, 0.3) is 10.9 Å². The minimum Gasteiger partial charge on any atom is -0.307 e. The lowest BCUT2D eigenvalue weighted by Gasteiger charge is -2.26. The van der Waals surface area contributed by atoms with E-state index in [0.717, 1.165) is 19.5 Å². The van der Waals surface area contributed by atoms with Crippen LogP contribution in [-0.4, -0.2) is 33.6 Å². The van der Waals surface area contributed by atoms with E-state index in [-0.39, 0.29) is 17.3 Å². The Morgan fingerprint density at radius 3 is 2.62 bits per heavy atom. The Hall–Kier alpha value is -1.88. The van der Waals surface area contributed by atoms with Crippen LogP contribution in [0.3, 0.4) is 0 Å². The molecule has 1 aliphatic rings. The molecule has 1 aromatic carbocycles. The largest absolute Gasteiger partial charge is 0.328 e. The van der Waals surface area contributed by atoms with Crippen LogP contribution < -0.4 is 11.2 Å². The number of hydrogen-bond acceptors (Lipinski definition) is 3. The molecule has 1 saturated heterocycles. The quantitative estimate of drug-likeness (QED) is 0.928. The lowest BCUT2D eigenvalue weighted by molar-refractivity contribution is 0.210. The third-order valence-corrected chi connectivity index (χ3v) is 4.41. The number of rotatable bonds is 4. The molecule has 5 heteroatoms. The SMILES string of the molecule is CC[C@H](Cn1c(=O)[nH]c2ccccc2c1=O)N1CCCC1. The highest BCUT2D eigenvalue weighted by Crippen LogP contribution is 2.15. The summed E-state index contributed by atoms with van der Waals surface area (Å²) in [6, 6.07) is 7.43. The van der Waals surface area contributed by atoms with Crippen molar-refractivity contribution in [3.05, 3.63) is 45.1 Å². The molecular formula is C16H21N3O2. The normalized spacial score (nSPS) is 17.4. The summed E-state index contributed by atoms with van der Waals surface area (Å²) < 4.78 is 1.36. The Morgan fingerprint density at radius 2 is 1.90 bits per heavy atom. The Balaban J connectivity index is 1.99. The standard InChI is InChI=1S/C16H21N3O2/c1-2-12(18-9-5-6-10-18)11-19-15(20)13-7-3-4-8-14(13)17-16(19)21/h3-4,7-8,12H,2,5-6,9-11H2,1H3,(H,17,21)/t12-/m1/s1. The molecule has 3 rings (SSSR count). The first-order chi connectivity index (χ1) is 10.2. The molecule has 1 aromatic heterocycles. The van der Waals surface area contributed by atoms with Gasteiger partial charge in [-0.05, 0) is 44.5 Å². The van der Waals surface area contributed by atoms with Gasteiger partial charge < -0.3 is 4.98 Å². The van der Waals surface area contributed by atoms with Crippen LogP contribution in [-0.2, 0) is 6.54 Å². The molecule has 1 aliphatic heterocycles. The van der Waals surface area contributed by atoms with E-state index < -0.39 is 0 Å². The molecular weight excluding hydrogens is 266 g/mol. The summed E-state index contributed by atoms with van der Waals surface area (Å²) in [4.78, 5) is 29.9. The van der Waals surface area contributed by atoms with Crippen LogP contribution in [0.15, 0.2) is 33.9 Å². The number of hydrogen-bond donors (Lipinski definition) is 1. The first-order valence-corrected chi connectivity index (χ1v) is 7.66. The monoisotopic (exact) mass is 287 g/mol. The molecule has 1 N–H and O–H groups in total. The van der Waals surface area contributed by atoms with Gasteiger partial charge in [-0.3, -0.25) is 14.3 Å². The van der Waals surface area contributed by atoms with Crippen molar-refractivity contribution in [3.8, 4) is 0 Å². The average Bonchev–Trinajstić information content (AvgIpc) is 3.01. The van der Waals surface area contributed by atoms with Crippen molar-refractivity contribution in [2.45, 2.75) is 38.8 Å². The van der Waals surface area contributed by atoms with E-state index in [4.69, 9.17) is 0 Å². The molecule has 0 spiro atoms. The van der Waals surface area contributed by atoms with Crippen molar-refractivity contribution in [1.29, 1.82) is 0 Å². The van der Waals surface area contributed by atoms with Gasteiger partial charge in [0.15, 0.2) is 0 Å². The molecule has 0 amide bonds. The molecule has 2 aromatic rings. The molecule has 112 valence electrons. The fraction of sp³-hybridized carbons (Fsp3) is 0.500. The second-order valence-electron chi connectivity index (χ2n) is 5.70. The van der Waals surface area contributed by atoms with Crippen LogP contribution in [0.5, 0.6) is 0 Å². The first-order valence-electron chi connectivity index (χ1n) is 7.66. The first kappa shape index (κ1) is 14.1. The van der Waals surface area contributed by atoms with Gasteiger partial charge in [0.25, 0.3) is 5.56 Å². The maximum absolute atomic E-state index is 12.5. The van der Waals surface area contributed by atoms with Crippen molar-refractivity contribution in [3.63, 3.8) is 0 Å². The Bertz CT molecular complexity index is 741. The fourth-order valence-electron chi connectivity index (χ4n) is 3.19. The zero-order valence-electron chi connectivity index (χ0n) is 12.3. The number of fused-ring (bicyclic) bond motifs is 1. The molecule has 2 heterocycles. The summed E-state index contributed by atoms with van der Waals surface area (Å²) in [5.41, 5.74) is 0.112. The molecule has 0 bridgehead atoms. The Labute approximate surface area is 123 Å². The predicted molar refractivity (Wildman–Crippen MR) is 83.7 cm³/mol. The maximum atomic E-state index is 12.5. The summed E-state index contributed by atoms with van der Waals surface area (Å²) in [5, 5.41) is 0.577. The molecule has 0 unspecified atom stereocenters. The Kier molecular flexibility index (Phi) is 3.92. The van der Waals surface area contributed by atoms with Gasteiger partial charge >= 0.3 is 5.69 Å². The lowest BCUT2D eigenvalue weighted by atomic mass is 10.2. The van der Waals surface area contributed by atoms with Gasteiger partial charge in [0.1, 0.15) is 0 Å². The minimum absolute atomic E-state index is 0.188. The summed E-state index contributed by atoms with van der Waals surface area (Å²) in [6.07, 6.45) is 3.36.